The molecule has 6 rings (SSSR count). The monoisotopic (exact) mass is 466 g/mol. The Kier molecular flexibility index (Phi) is 5.21. The van der Waals surface area contributed by atoms with E-state index >= 15 is 0 Å². The zero-order chi connectivity index (χ0) is 23.9. The Morgan fingerprint density at radius 3 is 2.60 bits per heavy atom. The maximum atomic E-state index is 12.7. The Bertz CT molecular complexity index is 1560. The highest BCUT2D eigenvalue weighted by Gasteiger charge is 2.23. The second kappa shape index (κ2) is 8.54. The number of ether oxygens (including phenoxy) is 1. The van der Waals surface area contributed by atoms with E-state index in [4.69, 9.17) is 9.72 Å². The maximum absolute atomic E-state index is 12.7. The molecule has 0 fully saturated rings. The molecule has 176 valence electrons. The van der Waals surface area contributed by atoms with Crippen LogP contribution in [0.25, 0.3) is 33.1 Å². The third-order valence-electron chi connectivity index (χ3n) is 6.75. The summed E-state index contributed by atoms with van der Waals surface area (Å²) in [5.41, 5.74) is 8.09. The van der Waals surface area contributed by atoms with E-state index in [1.165, 1.54) is 11.1 Å². The molecule has 3 N–H and O–H groups in total. The first kappa shape index (κ1) is 21.3. The van der Waals surface area contributed by atoms with Gasteiger partial charge in [0.2, 0.25) is 5.88 Å². The van der Waals surface area contributed by atoms with Crippen LogP contribution in [0, 0.1) is 6.92 Å². The van der Waals surface area contributed by atoms with Crippen molar-refractivity contribution in [1.82, 2.24) is 30.5 Å². The van der Waals surface area contributed by atoms with Gasteiger partial charge in [0.25, 0.3) is 5.91 Å². The van der Waals surface area contributed by atoms with Crippen molar-refractivity contribution in [2.75, 3.05) is 7.11 Å². The van der Waals surface area contributed by atoms with Gasteiger partial charge in [-0.25, -0.2) is 9.97 Å². The SMILES string of the molecule is COc1n[nH]c2ccc3nc(-c4ccc(C(=O)NCc5ncc(C)[nH]5)cc4)c4c(c3c12)CCCC4. The van der Waals surface area contributed by atoms with Gasteiger partial charge in [-0.3, -0.25) is 9.89 Å². The maximum Gasteiger partial charge on any atom is 0.251 e. The molecule has 0 aliphatic heterocycles. The number of rotatable bonds is 5. The largest absolute Gasteiger partial charge is 0.479 e. The molecule has 0 saturated heterocycles. The van der Waals surface area contributed by atoms with Crippen LogP contribution >= 0.6 is 0 Å². The summed E-state index contributed by atoms with van der Waals surface area (Å²) in [6.07, 6.45) is 6.02. The fourth-order valence-electron chi connectivity index (χ4n) is 5.09. The lowest BCUT2D eigenvalue weighted by Crippen LogP contribution is -2.23. The van der Waals surface area contributed by atoms with Gasteiger partial charge >= 0.3 is 0 Å². The molecular formula is C27H26N6O2. The summed E-state index contributed by atoms with van der Waals surface area (Å²) in [6, 6.07) is 11.8. The molecule has 8 nitrogen and oxygen atoms in total. The molecule has 3 heterocycles. The van der Waals surface area contributed by atoms with Crippen LogP contribution in [0.3, 0.4) is 0 Å². The number of aromatic nitrogens is 5. The number of imidazole rings is 1. The third-order valence-corrected chi connectivity index (χ3v) is 6.75. The summed E-state index contributed by atoms with van der Waals surface area (Å²) in [5.74, 6) is 1.21. The fourth-order valence-corrected chi connectivity index (χ4v) is 5.09. The molecule has 0 radical (unpaired) electrons. The van der Waals surface area contributed by atoms with Crippen LogP contribution < -0.4 is 10.1 Å². The van der Waals surface area contributed by atoms with E-state index in [1.807, 2.05) is 43.3 Å². The highest BCUT2D eigenvalue weighted by molar-refractivity contribution is 6.10. The molecule has 0 spiro atoms. The number of nitrogens with zero attached hydrogens (tertiary/aromatic N) is 3. The third kappa shape index (κ3) is 3.71. The smallest absolute Gasteiger partial charge is 0.251 e. The highest BCUT2D eigenvalue weighted by Crippen LogP contribution is 2.40. The van der Waals surface area contributed by atoms with Crippen LogP contribution in [0.1, 0.15) is 45.8 Å². The summed E-state index contributed by atoms with van der Waals surface area (Å²) in [5, 5.41) is 12.5. The van der Waals surface area contributed by atoms with Crippen LogP contribution in [-0.2, 0) is 19.4 Å². The minimum atomic E-state index is -0.131. The van der Waals surface area contributed by atoms with Crippen molar-refractivity contribution in [3.8, 4) is 17.1 Å². The number of H-pyrrole nitrogens is 2. The summed E-state index contributed by atoms with van der Waals surface area (Å²) in [4.78, 5) is 25.1. The molecule has 1 amide bonds. The number of benzene rings is 2. The van der Waals surface area contributed by atoms with E-state index in [2.05, 4.69) is 25.5 Å². The van der Waals surface area contributed by atoms with E-state index in [0.29, 0.717) is 18.0 Å². The zero-order valence-electron chi connectivity index (χ0n) is 19.7. The molecule has 0 unspecified atom stereocenters. The number of nitrogens with one attached hydrogen (secondary N) is 3. The highest BCUT2D eigenvalue weighted by atomic mass is 16.5. The van der Waals surface area contributed by atoms with Gasteiger partial charge in [-0.2, -0.15) is 0 Å². The number of carbonyl (C=O) groups is 1. The molecule has 3 aromatic heterocycles. The van der Waals surface area contributed by atoms with Crippen LogP contribution in [0.2, 0.25) is 0 Å². The zero-order valence-corrected chi connectivity index (χ0v) is 19.7. The predicted octanol–water partition coefficient (Wildman–Crippen LogP) is 4.63. The van der Waals surface area contributed by atoms with Crippen molar-refractivity contribution in [3.05, 3.63) is 70.8 Å². The van der Waals surface area contributed by atoms with Crippen molar-refractivity contribution < 1.29 is 9.53 Å². The Hall–Kier alpha value is -4.20. The number of methoxy groups -OCH3 is 1. The van der Waals surface area contributed by atoms with E-state index in [0.717, 1.165) is 70.3 Å². The van der Waals surface area contributed by atoms with Crippen LogP contribution in [0.15, 0.2) is 42.6 Å². The predicted molar refractivity (Wildman–Crippen MR) is 135 cm³/mol. The van der Waals surface area contributed by atoms with Crippen molar-refractivity contribution in [2.24, 2.45) is 0 Å². The van der Waals surface area contributed by atoms with Gasteiger partial charge in [-0.1, -0.05) is 12.1 Å². The van der Waals surface area contributed by atoms with Crippen molar-refractivity contribution in [1.29, 1.82) is 0 Å². The minimum Gasteiger partial charge on any atom is -0.479 e. The summed E-state index contributed by atoms with van der Waals surface area (Å²) >= 11 is 0. The Labute approximate surface area is 202 Å². The summed E-state index contributed by atoms with van der Waals surface area (Å²) < 4.78 is 5.55. The average Bonchev–Trinajstić information content (AvgIpc) is 3.52. The molecule has 35 heavy (non-hydrogen) atoms. The minimum absolute atomic E-state index is 0.131. The Morgan fingerprint density at radius 1 is 1.06 bits per heavy atom. The first-order valence-electron chi connectivity index (χ1n) is 11.9. The lowest BCUT2D eigenvalue weighted by molar-refractivity contribution is 0.0950. The summed E-state index contributed by atoms with van der Waals surface area (Å²) in [6.45, 7) is 2.30. The lowest BCUT2D eigenvalue weighted by Gasteiger charge is -2.22. The molecule has 5 aromatic rings. The number of hydrogen-bond acceptors (Lipinski definition) is 5. The van der Waals surface area contributed by atoms with Gasteiger partial charge in [-0.15, -0.1) is 5.10 Å². The molecule has 0 bridgehead atoms. The number of fused-ring (bicyclic) bond motifs is 5. The number of aryl methyl sites for hydroxylation is 2. The summed E-state index contributed by atoms with van der Waals surface area (Å²) in [7, 11) is 1.65. The standard InChI is InChI=1S/C27H26N6O2/c1-15-13-28-22(30-15)14-29-26(34)17-9-7-16(8-10-17)25-19-6-4-3-5-18(19)23-20(31-25)11-12-21-24(23)27(35-2)33-32-21/h7-13H,3-6,14H2,1-2H3,(H,28,30)(H,29,34)(H,32,33). The number of carbonyl (C=O) groups excluding carboxylic acids is 1. The fraction of sp³-hybridized carbons (Fsp3) is 0.259. The Morgan fingerprint density at radius 2 is 1.86 bits per heavy atom. The Balaban J connectivity index is 1.37. The molecule has 1 aliphatic rings. The number of pyridine rings is 1. The average molecular weight is 467 g/mol. The van der Waals surface area contributed by atoms with Crippen molar-refractivity contribution in [3.63, 3.8) is 0 Å². The number of amides is 1. The molecule has 0 atom stereocenters. The first-order chi connectivity index (χ1) is 17.1. The van der Waals surface area contributed by atoms with E-state index in [1.54, 1.807) is 13.3 Å². The number of aromatic amines is 2. The van der Waals surface area contributed by atoms with Crippen molar-refractivity contribution in [2.45, 2.75) is 39.2 Å². The molecule has 8 heteroatoms. The second-order valence-electron chi connectivity index (χ2n) is 9.01. The van der Waals surface area contributed by atoms with Gasteiger partial charge in [0.1, 0.15) is 5.82 Å². The van der Waals surface area contributed by atoms with E-state index in [-0.39, 0.29) is 5.91 Å². The van der Waals surface area contributed by atoms with Gasteiger partial charge in [-0.05, 0) is 68.0 Å². The van der Waals surface area contributed by atoms with Gasteiger partial charge in [0, 0.05) is 28.4 Å². The topological polar surface area (TPSA) is 109 Å². The molecule has 1 aliphatic carbocycles. The molecule has 2 aromatic carbocycles. The van der Waals surface area contributed by atoms with Gasteiger partial charge < -0.3 is 15.0 Å². The molecular weight excluding hydrogens is 440 g/mol. The van der Waals surface area contributed by atoms with E-state index < -0.39 is 0 Å². The second-order valence-corrected chi connectivity index (χ2v) is 9.01. The van der Waals surface area contributed by atoms with Crippen LogP contribution in [-0.4, -0.2) is 38.2 Å². The van der Waals surface area contributed by atoms with Gasteiger partial charge in [0.15, 0.2) is 0 Å². The number of hydrogen-bond donors (Lipinski definition) is 3. The van der Waals surface area contributed by atoms with Crippen molar-refractivity contribution >= 4 is 27.7 Å². The van der Waals surface area contributed by atoms with E-state index in [9.17, 15) is 4.79 Å². The van der Waals surface area contributed by atoms with Crippen LogP contribution in [0.4, 0.5) is 0 Å². The lowest BCUT2D eigenvalue weighted by atomic mass is 9.85. The normalized spacial score (nSPS) is 13.2. The molecule has 0 saturated carbocycles. The van der Waals surface area contributed by atoms with Gasteiger partial charge in [0.05, 0.1) is 35.8 Å². The van der Waals surface area contributed by atoms with Crippen LogP contribution in [0.5, 0.6) is 5.88 Å². The first-order valence-corrected chi connectivity index (χ1v) is 11.9. The quantitative estimate of drug-likeness (QED) is 0.350.